The summed E-state index contributed by atoms with van der Waals surface area (Å²) in [5, 5.41) is 13.4. The molecule has 1 saturated heterocycles. The number of aryl methyl sites for hydroxylation is 1. The first kappa shape index (κ1) is 11.9. The second-order valence-corrected chi connectivity index (χ2v) is 5.11. The largest absolute Gasteiger partial charge is 0.381 e. The summed E-state index contributed by atoms with van der Waals surface area (Å²) in [4.78, 5) is 0. The van der Waals surface area contributed by atoms with Gasteiger partial charge in [-0.15, -0.1) is 10.2 Å². The van der Waals surface area contributed by atoms with Crippen LogP contribution in [0.25, 0.3) is 5.65 Å². The molecule has 0 spiro atoms. The molecule has 2 aromatic rings. The van der Waals surface area contributed by atoms with Crippen LogP contribution < -0.4 is 0 Å². The van der Waals surface area contributed by atoms with Gasteiger partial charge in [0.05, 0.1) is 6.61 Å². The van der Waals surface area contributed by atoms with E-state index in [1.165, 1.54) is 0 Å². The van der Waals surface area contributed by atoms with E-state index >= 15 is 0 Å². The van der Waals surface area contributed by atoms with E-state index < -0.39 is 0 Å². The molecule has 0 aromatic carbocycles. The number of halogens is 1. The molecular formula is C12H15ClN4O. The Hall–Kier alpha value is -1.20. The van der Waals surface area contributed by atoms with Crippen molar-refractivity contribution in [2.75, 3.05) is 13.2 Å². The second-order valence-electron chi connectivity index (χ2n) is 4.75. The summed E-state index contributed by atoms with van der Waals surface area (Å²) in [5.74, 6) is 1.12. The van der Waals surface area contributed by atoms with Crippen LogP contribution >= 0.6 is 11.6 Å². The maximum absolute atomic E-state index is 6.14. The van der Waals surface area contributed by atoms with Crippen molar-refractivity contribution in [3.8, 4) is 0 Å². The molecule has 1 unspecified atom stereocenters. The summed E-state index contributed by atoms with van der Waals surface area (Å²) in [6.07, 6.45) is 2.12. The number of ether oxygens (including phenoxy) is 1. The lowest BCUT2D eigenvalue weighted by atomic mass is 10.0. The van der Waals surface area contributed by atoms with Crippen LogP contribution in [0.15, 0.2) is 0 Å². The van der Waals surface area contributed by atoms with Crippen LogP contribution in [0, 0.1) is 13.8 Å². The molecule has 3 rings (SSSR count). The van der Waals surface area contributed by atoms with E-state index in [1.54, 1.807) is 4.52 Å². The van der Waals surface area contributed by atoms with Crippen molar-refractivity contribution in [3.05, 3.63) is 22.1 Å². The molecule has 0 radical (unpaired) electrons. The smallest absolute Gasteiger partial charge is 0.181 e. The Morgan fingerprint density at radius 2 is 2.11 bits per heavy atom. The lowest BCUT2D eigenvalue weighted by Gasteiger charge is -2.20. The Morgan fingerprint density at radius 3 is 2.83 bits per heavy atom. The van der Waals surface area contributed by atoms with Gasteiger partial charge in [-0.05, 0) is 32.3 Å². The van der Waals surface area contributed by atoms with Gasteiger partial charge in [0.25, 0.3) is 0 Å². The lowest BCUT2D eigenvalue weighted by Crippen LogP contribution is -2.18. The molecule has 5 nitrogen and oxygen atoms in total. The highest BCUT2D eigenvalue weighted by atomic mass is 35.5. The third-order valence-corrected chi connectivity index (χ3v) is 3.94. The van der Waals surface area contributed by atoms with Gasteiger partial charge in [-0.1, -0.05) is 11.6 Å². The molecule has 0 aliphatic carbocycles. The van der Waals surface area contributed by atoms with Gasteiger partial charge in [-0.2, -0.15) is 9.61 Å². The van der Waals surface area contributed by atoms with E-state index in [2.05, 4.69) is 15.3 Å². The molecule has 18 heavy (non-hydrogen) atoms. The predicted octanol–water partition coefficient (Wildman–Crippen LogP) is 2.29. The Kier molecular flexibility index (Phi) is 2.95. The number of hydrogen-bond donors (Lipinski definition) is 0. The van der Waals surface area contributed by atoms with Crippen LogP contribution in [0.2, 0.25) is 5.15 Å². The number of hydrogen-bond acceptors (Lipinski definition) is 4. The summed E-state index contributed by atoms with van der Waals surface area (Å²) in [5.41, 5.74) is 2.78. The molecule has 0 N–H and O–H groups in total. The Morgan fingerprint density at radius 1 is 1.28 bits per heavy atom. The fraction of sp³-hybridized carbons (Fsp3) is 0.583. The molecule has 0 saturated carbocycles. The minimum absolute atomic E-state index is 0.263. The van der Waals surface area contributed by atoms with E-state index in [-0.39, 0.29) is 5.92 Å². The molecule has 1 fully saturated rings. The van der Waals surface area contributed by atoms with Crippen molar-refractivity contribution in [3.63, 3.8) is 0 Å². The summed E-state index contributed by atoms with van der Waals surface area (Å²) in [6.45, 7) is 5.46. The van der Waals surface area contributed by atoms with Crippen molar-refractivity contribution in [1.82, 2.24) is 19.8 Å². The van der Waals surface area contributed by atoms with Gasteiger partial charge in [0.15, 0.2) is 16.6 Å². The third-order valence-electron chi connectivity index (χ3n) is 3.59. The molecule has 0 amide bonds. The normalized spacial score (nSPS) is 20.5. The van der Waals surface area contributed by atoms with Crippen molar-refractivity contribution in [1.29, 1.82) is 0 Å². The second kappa shape index (κ2) is 4.48. The van der Waals surface area contributed by atoms with Gasteiger partial charge in [0.2, 0.25) is 0 Å². The van der Waals surface area contributed by atoms with Gasteiger partial charge in [-0.25, -0.2) is 0 Å². The van der Waals surface area contributed by atoms with Crippen molar-refractivity contribution < 1.29 is 4.74 Å². The maximum atomic E-state index is 6.14. The van der Waals surface area contributed by atoms with Crippen LogP contribution in [0.4, 0.5) is 0 Å². The summed E-state index contributed by atoms with van der Waals surface area (Å²) < 4.78 is 7.27. The van der Waals surface area contributed by atoms with Crippen LogP contribution in [-0.2, 0) is 4.74 Å². The zero-order valence-corrected chi connectivity index (χ0v) is 11.2. The van der Waals surface area contributed by atoms with Crippen molar-refractivity contribution >= 4 is 17.2 Å². The fourth-order valence-electron chi connectivity index (χ4n) is 2.31. The van der Waals surface area contributed by atoms with Crippen molar-refractivity contribution in [2.24, 2.45) is 0 Å². The molecule has 0 bridgehead atoms. The molecule has 3 heterocycles. The van der Waals surface area contributed by atoms with Gasteiger partial charge in [0, 0.05) is 18.1 Å². The van der Waals surface area contributed by atoms with Crippen LogP contribution in [-0.4, -0.2) is 33.0 Å². The molecular weight excluding hydrogens is 252 g/mol. The van der Waals surface area contributed by atoms with Gasteiger partial charge in [0.1, 0.15) is 0 Å². The Labute approximate surface area is 110 Å². The van der Waals surface area contributed by atoms with Crippen LogP contribution in [0.5, 0.6) is 0 Å². The van der Waals surface area contributed by atoms with Crippen molar-refractivity contribution in [2.45, 2.75) is 32.6 Å². The Balaban J connectivity index is 2.13. The maximum Gasteiger partial charge on any atom is 0.181 e. The highest BCUT2D eigenvalue weighted by Crippen LogP contribution is 2.26. The highest BCUT2D eigenvalue weighted by molar-refractivity contribution is 6.30. The summed E-state index contributed by atoms with van der Waals surface area (Å²) in [7, 11) is 0. The van der Waals surface area contributed by atoms with Gasteiger partial charge < -0.3 is 4.74 Å². The number of fused-ring (bicyclic) bond motifs is 1. The van der Waals surface area contributed by atoms with Gasteiger partial charge >= 0.3 is 0 Å². The number of rotatable bonds is 1. The van der Waals surface area contributed by atoms with E-state index in [9.17, 15) is 0 Å². The summed E-state index contributed by atoms with van der Waals surface area (Å²) in [6, 6.07) is 0. The molecule has 1 aliphatic heterocycles. The zero-order chi connectivity index (χ0) is 12.7. The third kappa shape index (κ3) is 1.78. The molecule has 2 aromatic heterocycles. The first-order chi connectivity index (χ1) is 8.68. The van der Waals surface area contributed by atoms with E-state index in [4.69, 9.17) is 16.3 Å². The quantitative estimate of drug-likeness (QED) is 0.795. The minimum Gasteiger partial charge on any atom is -0.381 e. The van der Waals surface area contributed by atoms with Crippen LogP contribution in [0.1, 0.15) is 35.7 Å². The molecule has 1 aliphatic rings. The predicted molar refractivity (Wildman–Crippen MR) is 68.1 cm³/mol. The minimum atomic E-state index is 0.263. The first-order valence-electron chi connectivity index (χ1n) is 6.14. The van der Waals surface area contributed by atoms with E-state index in [1.807, 2.05) is 13.8 Å². The molecule has 6 heteroatoms. The SMILES string of the molecule is Cc1c(Cl)nn2c(C3CCCOC3)nnc2c1C. The molecule has 1 atom stereocenters. The summed E-state index contributed by atoms with van der Waals surface area (Å²) >= 11 is 6.14. The number of nitrogens with zero attached hydrogens (tertiary/aromatic N) is 4. The average Bonchev–Trinajstić information content (AvgIpc) is 2.81. The molecule has 96 valence electrons. The Bertz CT molecular complexity index is 589. The topological polar surface area (TPSA) is 52.3 Å². The monoisotopic (exact) mass is 266 g/mol. The highest BCUT2D eigenvalue weighted by Gasteiger charge is 2.23. The number of aromatic nitrogens is 4. The first-order valence-corrected chi connectivity index (χ1v) is 6.52. The standard InChI is InChI=1S/C12H15ClN4O/c1-7-8(2)11-14-15-12(17(11)16-10(7)13)9-4-3-5-18-6-9/h9H,3-6H2,1-2H3. The lowest BCUT2D eigenvalue weighted by molar-refractivity contribution is 0.0774. The van der Waals surface area contributed by atoms with E-state index in [0.29, 0.717) is 11.8 Å². The fourth-order valence-corrected chi connectivity index (χ4v) is 2.53. The van der Waals surface area contributed by atoms with Crippen LogP contribution in [0.3, 0.4) is 0 Å². The van der Waals surface area contributed by atoms with Gasteiger partial charge in [-0.3, -0.25) is 0 Å². The zero-order valence-electron chi connectivity index (χ0n) is 10.5. The average molecular weight is 267 g/mol. The van der Waals surface area contributed by atoms with E-state index in [0.717, 1.165) is 42.0 Å².